The predicted molar refractivity (Wildman–Crippen MR) is 182 cm³/mol. The van der Waals surface area contributed by atoms with Gasteiger partial charge in [-0.1, -0.05) is 45.4 Å². The molecule has 47 heavy (non-hydrogen) atoms. The van der Waals surface area contributed by atoms with Crippen LogP contribution >= 0.6 is 0 Å². The Bertz CT molecular complexity index is 1480. The van der Waals surface area contributed by atoms with E-state index in [0.717, 1.165) is 54.7 Å². The lowest BCUT2D eigenvalue weighted by atomic mass is 9.79. The Labute approximate surface area is 280 Å². The Morgan fingerprint density at radius 1 is 1.04 bits per heavy atom. The van der Waals surface area contributed by atoms with Gasteiger partial charge >= 0.3 is 0 Å². The number of nitrogens with one attached hydrogen (secondary N) is 2. The number of hydrogen-bond acceptors (Lipinski definition) is 7. The summed E-state index contributed by atoms with van der Waals surface area (Å²) in [6.07, 6.45) is 10.5. The minimum Gasteiger partial charge on any atom is -0.385 e. The van der Waals surface area contributed by atoms with Crippen molar-refractivity contribution in [3.8, 4) is 5.69 Å². The monoisotopic (exact) mass is 670 g/mol. The summed E-state index contributed by atoms with van der Waals surface area (Å²) in [5, 5.41) is 8.01. The summed E-state index contributed by atoms with van der Waals surface area (Å²) in [5.74, 6) is 0.670. The summed E-state index contributed by atoms with van der Waals surface area (Å²) in [5.41, 5.74) is 3.05. The molecule has 2 N–H and O–H groups in total. The van der Waals surface area contributed by atoms with E-state index in [9.17, 15) is 18.0 Å². The van der Waals surface area contributed by atoms with Crippen LogP contribution in [0.25, 0.3) is 5.69 Å². The Morgan fingerprint density at radius 3 is 2.40 bits per heavy atom. The molecule has 11 nitrogen and oxygen atoms in total. The highest BCUT2D eigenvalue weighted by atomic mass is 32.2. The summed E-state index contributed by atoms with van der Waals surface area (Å²) in [4.78, 5) is 32.3. The molecule has 1 atom stereocenters. The van der Waals surface area contributed by atoms with Gasteiger partial charge < -0.3 is 15.0 Å². The number of methoxy groups -OCH3 is 1. The zero-order valence-electron chi connectivity index (χ0n) is 28.7. The van der Waals surface area contributed by atoms with E-state index in [1.165, 1.54) is 19.3 Å². The number of rotatable bonds is 14. The number of ether oxygens (including phenoxy) is 1. The molecule has 2 aliphatic heterocycles. The molecule has 12 heteroatoms. The number of aryl methyl sites for hydroxylation is 1. The maximum absolute atomic E-state index is 13.9. The van der Waals surface area contributed by atoms with Gasteiger partial charge in [0.15, 0.2) is 0 Å². The van der Waals surface area contributed by atoms with Crippen molar-refractivity contribution in [2.75, 3.05) is 39.9 Å². The average Bonchev–Trinajstić information content (AvgIpc) is 3.35. The molecular weight excluding hydrogens is 616 g/mol. The Hall–Kier alpha value is -2.80. The van der Waals surface area contributed by atoms with Crippen LogP contribution in [0, 0.1) is 19.8 Å². The lowest BCUT2D eigenvalue weighted by Crippen LogP contribution is -2.73. The molecule has 0 unspecified atom stereocenters. The number of piperazine rings is 1. The number of amides is 2. The fraction of sp³-hybridized carbons (Fsp3) is 0.686. The van der Waals surface area contributed by atoms with Crippen LogP contribution in [0.15, 0.2) is 29.2 Å². The third-order valence-corrected chi connectivity index (χ3v) is 12.0. The molecule has 0 bridgehead atoms. The third-order valence-electron chi connectivity index (χ3n) is 10.6. The van der Waals surface area contributed by atoms with E-state index in [1.54, 1.807) is 31.4 Å². The average molecular weight is 671 g/mol. The molecule has 0 radical (unpaired) electrons. The van der Waals surface area contributed by atoms with Crippen molar-refractivity contribution in [1.29, 1.82) is 0 Å². The highest BCUT2D eigenvalue weighted by molar-refractivity contribution is 7.89. The number of hydrogen-bond donors (Lipinski definition) is 2. The summed E-state index contributed by atoms with van der Waals surface area (Å²) in [6.45, 7) is 9.73. The van der Waals surface area contributed by atoms with E-state index in [2.05, 4.69) is 21.9 Å². The van der Waals surface area contributed by atoms with Crippen LogP contribution in [-0.2, 0) is 30.9 Å². The third kappa shape index (κ3) is 7.92. The van der Waals surface area contributed by atoms with Crippen LogP contribution in [0.2, 0.25) is 0 Å². The van der Waals surface area contributed by atoms with Gasteiger partial charge in [-0.25, -0.2) is 17.8 Å². The molecule has 1 aromatic carbocycles. The van der Waals surface area contributed by atoms with Crippen molar-refractivity contribution in [1.82, 2.24) is 29.6 Å². The first-order chi connectivity index (χ1) is 22.6. The van der Waals surface area contributed by atoms with Crippen LogP contribution in [0.1, 0.15) is 94.5 Å². The summed E-state index contributed by atoms with van der Waals surface area (Å²) in [6, 6.07) is 6.38. The molecule has 3 fully saturated rings. The summed E-state index contributed by atoms with van der Waals surface area (Å²) >= 11 is 0. The summed E-state index contributed by atoms with van der Waals surface area (Å²) in [7, 11) is -2.01. The van der Waals surface area contributed by atoms with Crippen molar-refractivity contribution < 1.29 is 22.7 Å². The van der Waals surface area contributed by atoms with Crippen LogP contribution in [0.4, 0.5) is 0 Å². The van der Waals surface area contributed by atoms with E-state index in [4.69, 9.17) is 9.84 Å². The molecule has 5 rings (SSSR count). The second kappa shape index (κ2) is 15.6. The normalized spacial score (nSPS) is 21.0. The number of benzene rings is 1. The van der Waals surface area contributed by atoms with E-state index >= 15 is 0 Å². The van der Waals surface area contributed by atoms with Crippen molar-refractivity contribution in [3.05, 3.63) is 41.2 Å². The van der Waals surface area contributed by atoms with E-state index in [0.29, 0.717) is 64.5 Å². The second-order valence-corrected chi connectivity index (χ2v) is 15.5. The SMILES string of the molecule is CCCCN1C(=O)[C@H](CC2CCCCC2)NC(=O)C12CCN(Cc1c(C)nn(-c3ccc(S(=O)(=O)NCCCOC)cc3)c1C)CC2. The van der Waals surface area contributed by atoms with Gasteiger partial charge in [-0.15, -0.1) is 0 Å². The first-order valence-electron chi connectivity index (χ1n) is 17.6. The Morgan fingerprint density at radius 2 is 1.74 bits per heavy atom. The number of piperidine rings is 1. The number of carbonyl (C=O) groups excluding carboxylic acids is 2. The van der Waals surface area contributed by atoms with Gasteiger partial charge in [-0.3, -0.25) is 14.5 Å². The van der Waals surface area contributed by atoms with Gasteiger partial charge in [0.1, 0.15) is 11.6 Å². The topological polar surface area (TPSA) is 126 Å². The molecular formula is C35H54N6O5S. The highest BCUT2D eigenvalue weighted by Gasteiger charge is 2.53. The molecule has 1 spiro atoms. The zero-order valence-corrected chi connectivity index (χ0v) is 29.5. The molecule has 1 saturated carbocycles. The zero-order chi connectivity index (χ0) is 33.6. The van der Waals surface area contributed by atoms with Crippen LogP contribution in [0.5, 0.6) is 0 Å². The molecule has 1 aromatic heterocycles. The molecule has 2 amide bonds. The lowest BCUT2D eigenvalue weighted by Gasteiger charge is -2.52. The number of sulfonamides is 1. The van der Waals surface area contributed by atoms with Gasteiger partial charge in [0.05, 0.1) is 16.3 Å². The fourth-order valence-corrected chi connectivity index (χ4v) is 8.74. The number of nitrogens with zero attached hydrogens (tertiary/aromatic N) is 4. The second-order valence-electron chi connectivity index (χ2n) is 13.7. The molecule has 2 saturated heterocycles. The molecule has 3 heterocycles. The minimum atomic E-state index is -3.61. The van der Waals surface area contributed by atoms with Gasteiger partial charge in [-0.2, -0.15) is 5.10 Å². The number of likely N-dealkylation sites (tertiary alicyclic amines) is 1. The van der Waals surface area contributed by atoms with Gasteiger partial charge in [0.25, 0.3) is 0 Å². The van der Waals surface area contributed by atoms with Gasteiger partial charge in [0, 0.05) is 57.7 Å². The number of carbonyl (C=O) groups is 2. The van der Waals surface area contributed by atoms with Gasteiger partial charge in [0.2, 0.25) is 21.8 Å². The van der Waals surface area contributed by atoms with Crippen molar-refractivity contribution in [2.45, 2.75) is 114 Å². The first kappa shape index (κ1) is 35.5. The highest BCUT2D eigenvalue weighted by Crippen LogP contribution is 2.36. The van der Waals surface area contributed by atoms with Crippen molar-refractivity contribution >= 4 is 21.8 Å². The van der Waals surface area contributed by atoms with Crippen LogP contribution in [0.3, 0.4) is 0 Å². The Kier molecular flexibility index (Phi) is 11.8. The van der Waals surface area contributed by atoms with E-state index in [-0.39, 0.29) is 16.7 Å². The fourth-order valence-electron chi connectivity index (χ4n) is 7.66. The minimum absolute atomic E-state index is 0.0319. The lowest BCUT2D eigenvalue weighted by molar-refractivity contribution is -0.162. The number of aromatic nitrogens is 2. The predicted octanol–water partition coefficient (Wildman–Crippen LogP) is 4.24. The molecule has 1 aliphatic carbocycles. The number of unbranched alkanes of at least 4 members (excludes halogenated alkanes) is 1. The van der Waals surface area contributed by atoms with Crippen LogP contribution < -0.4 is 10.0 Å². The molecule has 260 valence electrons. The summed E-state index contributed by atoms with van der Waals surface area (Å²) < 4.78 is 34.8. The maximum atomic E-state index is 13.9. The smallest absolute Gasteiger partial charge is 0.246 e. The van der Waals surface area contributed by atoms with Crippen LogP contribution in [-0.4, -0.2) is 91.3 Å². The van der Waals surface area contributed by atoms with Crippen molar-refractivity contribution in [3.63, 3.8) is 0 Å². The largest absolute Gasteiger partial charge is 0.385 e. The van der Waals surface area contributed by atoms with Gasteiger partial charge in [-0.05, 0) is 76.1 Å². The van der Waals surface area contributed by atoms with E-state index in [1.807, 2.05) is 23.4 Å². The van der Waals surface area contributed by atoms with Crippen molar-refractivity contribution in [2.24, 2.45) is 5.92 Å². The first-order valence-corrected chi connectivity index (χ1v) is 19.1. The molecule has 2 aromatic rings. The quantitative estimate of drug-likeness (QED) is 0.288. The maximum Gasteiger partial charge on any atom is 0.246 e. The van der Waals surface area contributed by atoms with E-state index < -0.39 is 21.6 Å². The standard InChI is InChI=1S/C35H54N6O5S/c1-5-6-20-40-33(42)32(24-28-11-8-7-9-12-28)37-34(43)35(40)17-21-39(22-18-35)25-31-26(2)38-41(27(31)3)29-13-15-30(16-14-29)47(44,45)36-19-10-23-46-4/h13-16,28,32,36H,5-12,17-25H2,1-4H3,(H,37,43)/t32-/m0/s1. The Balaban J connectivity index is 1.24. The molecule has 3 aliphatic rings.